The average Bonchev–Trinajstić information content (AvgIpc) is 2.78. The lowest BCUT2D eigenvalue weighted by Crippen LogP contribution is -2.48. The maximum atomic E-state index is 12.7. The summed E-state index contributed by atoms with van der Waals surface area (Å²) in [6, 6.07) is 10.5. The van der Waals surface area contributed by atoms with Crippen LogP contribution in [-0.2, 0) is 0 Å². The minimum absolute atomic E-state index is 0.148. The normalized spacial score (nSPS) is 10.2. The van der Waals surface area contributed by atoms with E-state index in [1.807, 2.05) is 0 Å². The molecule has 0 fully saturated rings. The van der Waals surface area contributed by atoms with E-state index in [2.05, 4.69) is 39.0 Å². The maximum Gasteiger partial charge on any atom is 0.282 e. The Kier molecular flexibility index (Phi) is 10.0. The first kappa shape index (κ1) is 25.2. The van der Waals surface area contributed by atoms with Gasteiger partial charge < -0.3 is 4.74 Å². The van der Waals surface area contributed by atoms with Crippen molar-refractivity contribution in [2.24, 2.45) is 0 Å². The Morgan fingerprint density at radius 1 is 1.06 bits per heavy atom. The van der Waals surface area contributed by atoms with Gasteiger partial charge >= 0.3 is 0 Å². The second-order valence-electron chi connectivity index (χ2n) is 6.69. The molecule has 2 aromatic rings. The molecule has 9 nitrogen and oxygen atoms in total. The fourth-order valence-electron chi connectivity index (χ4n) is 2.72. The molecule has 2 amide bonds. The number of benzene rings is 2. The Bertz CT molecular complexity index is 1000. The van der Waals surface area contributed by atoms with Crippen LogP contribution in [0.15, 0.2) is 46.9 Å². The van der Waals surface area contributed by atoms with E-state index in [0.717, 1.165) is 25.7 Å². The van der Waals surface area contributed by atoms with E-state index in [1.54, 1.807) is 18.2 Å². The topological polar surface area (TPSA) is 123 Å². The predicted octanol–water partition coefficient (Wildman–Crippen LogP) is 4.27. The molecule has 0 bridgehead atoms. The summed E-state index contributed by atoms with van der Waals surface area (Å²) < 4.78 is 6.44. The van der Waals surface area contributed by atoms with Crippen molar-refractivity contribution in [3.8, 4) is 5.75 Å². The summed E-state index contributed by atoms with van der Waals surface area (Å²) in [5, 5.41) is 13.3. The van der Waals surface area contributed by atoms with Crippen LogP contribution >= 0.6 is 28.1 Å². The van der Waals surface area contributed by atoms with Crippen molar-refractivity contribution in [3.05, 3.63) is 68.2 Å². The van der Waals surface area contributed by atoms with Gasteiger partial charge in [-0.15, -0.1) is 0 Å². The smallest absolute Gasteiger partial charge is 0.282 e. The third-order valence-electron chi connectivity index (χ3n) is 4.30. The molecule has 0 unspecified atom stereocenters. The number of nitro benzene ring substituents is 1. The molecule has 0 atom stereocenters. The van der Waals surface area contributed by atoms with Crippen LogP contribution in [-0.4, -0.2) is 28.5 Å². The highest BCUT2D eigenvalue weighted by atomic mass is 79.9. The SMILES string of the molecule is CCCCCCOc1ccc(Br)cc1C(=O)NC(=S)NNC(=O)c1ccccc1[N+](=O)[O-]. The van der Waals surface area contributed by atoms with E-state index in [0.29, 0.717) is 16.8 Å². The highest BCUT2D eigenvalue weighted by Gasteiger charge is 2.20. The van der Waals surface area contributed by atoms with Gasteiger partial charge in [0.1, 0.15) is 11.3 Å². The first-order valence-corrected chi connectivity index (χ1v) is 11.1. The molecular formula is C21H23BrN4O5S. The fourth-order valence-corrected chi connectivity index (χ4v) is 3.23. The van der Waals surface area contributed by atoms with Gasteiger partial charge in [-0.05, 0) is 42.9 Å². The van der Waals surface area contributed by atoms with E-state index in [9.17, 15) is 19.7 Å². The lowest BCUT2D eigenvalue weighted by atomic mass is 10.2. The second kappa shape index (κ2) is 12.7. The molecule has 0 spiro atoms. The lowest BCUT2D eigenvalue weighted by molar-refractivity contribution is -0.385. The third kappa shape index (κ3) is 7.57. The van der Waals surface area contributed by atoms with Crippen LogP contribution in [0.3, 0.4) is 0 Å². The highest BCUT2D eigenvalue weighted by molar-refractivity contribution is 9.10. The number of halogens is 1. The summed E-state index contributed by atoms with van der Waals surface area (Å²) in [7, 11) is 0. The van der Waals surface area contributed by atoms with Crippen LogP contribution in [0.1, 0.15) is 53.3 Å². The first-order valence-electron chi connectivity index (χ1n) is 9.91. The Morgan fingerprint density at radius 3 is 2.53 bits per heavy atom. The van der Waals surface area contributed by atoms with Crippen molar-refractivity contribution in [1.29, 1.82) is 0 Å². The largest absolute Gasteiger partial charge is 0.493 e. The van der Waals surface area contributed by atoms with Gasteiger partial charge in [-0.25, -0.2) is 0 Å². The van der Waals surface area contributed by atoms with Gasteiger partial charge in [-0.1, -0.05) is 54.2 Å². The molecule has 0 saturated carbocycles. The average molecular weight is 523 g/mol. The standard InChI is InChI=1S/C21H23BrN4O5S/c1-2-3-4-7-12-31-18-11-10-14(22)13-16(18)19(27)23-21(32)25-24-20(28)15-8-5-6-9-17(15)26(29)30/h5-6,8-11,13H,2-4,7,12H2,1H3,(H,24,28)(H2,23,25,27,32). The van der Waals surface area contributed by atoms with Gasteiger partial charge in [0.2, 0.25) is 0 Å². The van der Waals surface area contributed by atoms with Crippen molar-refractivity contribution in [1.82, 2.24) is 16.2 Å². The summed E-state index contributed by atoms with van der Waals surface area (Å²) in [4.78, 5) is 35.3. The zero-order valence-corrected chi connectivity index (χ0v) is 19.8. The molecule has 11 heteroatoms. The van der Waals surface area contributed by atoms with Crippen LogP contribution < -0.4 is 20.9 Å². The van der Waals surface area contributed by atoms with Gasteiger partial charge in [0, 0.05) is 10.5 Å². The number of carbonyl (C=O) groups excluding carboxylic acids is 2. The summed E-state index contributed by atoms with van der Waals surface area (Å²) in [6.45, 7) is 2.61. The minimum Gasteiger partial charge on any atom is -0.493 e. The highest BCUT2D eigenvalue weighted by Crippen LogP contribution is 2.23. The summed E-state index contributed by atoms with van der Waals surface area (Å²) in [6.07, 6.45) is 4.16. The van der Waals surface area contributed by atoms with Crippen LogP contribution in [0.5, 0.6) is 5.75 Å². The maximum absolute atomic E-state index is 12.7. The van der Waals surface area contributed by atoms with Crippen LogP contribution in [0.25, 0.3) is 0 Å². The van der Waals surface area contributed by atoms with Crippen molar-refractivity contribution < 1.29 is 19.2 Å². The lowest BCUT2D eigenvalue weighted by Gasteiger charge is -2.14. The molecule has 0 aromatic heterocycles. The Labute approximate surface area is 199 Å². The molecule has 0 aliphatic rings. The molecule has 0 saturated heterocycles. The van der Waals surface area contributed by atoms with Gasteiger partial charge in [0.25, 0.3) is 17.5 Å². The molecular weight excluding hydrogens is 500 g/mol. The zero-order valence-electron chi connectivity index (χ0n) is 17.4. The van der Waals surface area contributed by atoms with Gasteiger partial charge in [-0.2, -0.15) is 0 Å². The van der Waals surface area contributed by atoms with E-state index in [4.69, 9.17) is 17.0 Å². The van der Waals surface area contributed by atoms with Gasteiger partial charge in [0.05, 0.1) is 17.1 Å². The monoisotopic (exact) mass is 522 g/mol. The predicted molar refractivity (Wildman–Crippen MR) is 128 cm³/mol. The van der Waals surface area contributed by atoms with E-state index in [1.165, 1.54) is 24.3 Å². The molecule has 170 valence electrons. The molecule has 0 radical (unpaired) electrons. The number of thiocarbonyl (C=S) groups is 1. The quantitative estimate of drug-likeness (QED) is 0.194. The minimum atomic E-state index is -0.771. The molecule has 0 heterocycles. The molecule has 0 aliphatic heterocycles. The second-order valence-corrected chi connectivity index (χ2v) is 8.01. The number of carbonyl (C=O) groups is 2. The first-order chi connectivity index (χ1) is 15.3. The number of amides is 2. The Morgan fingerprint density at radius 2 is 1.81 bits per heavy atom. The van der Waals surface area contributed by atoms with E-state index >= 15 is 0 Å². The summed E-state index contributed by atoms with van der Waals surface area (Å²) >= 11 is 8.38. The number of nitrogens with one attached hydrogen (secondary N) is 3. The van der Waals surface area contributed by atoms with Crippen LogP contribution in [0, 0.1) is 10.1 Å². The molecule has 0 aliphatic carbocycles. The van der Waals surface area contributed by atoms with E-state index < -0.39 is 16.7 Å². The summed E-state index contributed by atoms with van der Waals surface area (Å²) in [5.74, 6) is -0.895. The number of nitrogens with zero attached hydrogens (tertiary/aromatic N) is 1. The van der Waals surface area contributed by atoms with E-state index in [-0.39, 0.29) is 21.9 Å². The number of para-hydroxylation sites is 1. The zero-order chi connectivity index (χ0) is 23.5. The number of hydrazine groups is 1. The number of unbranched alkanes of at least 4 members (excludes halogenated alkanes) is 3. The van der Waals surface area contributed by atoms with Crippen molar-refractivity contribution in [2.75, 3.05) is 6.61 Å². The number of rotatable bonds is 9. The molecule has 32 heavy (non-hydrogen) atoms. The van der Waals surface area contributed by atoms with Gasteiger partial charge in [-0.3, -0.25) is 35.9 Å². The van der Waals surface area contributed by atoms with Crippen molar-refractivity contribution >= 4 is 50.8 Å². The fraction of sp³-hybridized carbons (Fsp3) is 0.286. The third-order valence-corrected chi connectivity index (χ3v) is 5.00. The molecule has 2 rings (SSSR count). The molecule has 3 N–H and O–H groups in total. The number of hydrogen-bond acceptors (Lipinski definition) is 6. The van der Waals surface area contributed by atoms with Crippen molar-refractivity contribution in [2.45, 2.75) is 32.6 Å². The Hall–Kier alpha value is -3.05. The van der Waals surface area contributed by atoms with Crippen LogP contribution in [0.4, 0.5) is 5.69 Å². The number of ether oxygens (including phenoxy) is 1. The summed E-state index contributed by atoms with van der Waals surface area (Å²) in [5.41, 5.74) is 4.38. The number of hydrogen-bond donors (Lipinski definition) is 3. The van der Waals surface area contributed by atoms with Crippen LogP contribution in [0.2, 0.25) is 0 Å². The molecule has 2 aromatic carbocycles. The van der Waals surface area contributed by atoms with Crippen molar-refractivity contribution in [3.63, 3.8) is 0 Å². The number of nitro groups is 1. The Balaban J connectivity index is 1.96. The van der Waals surface area contributed by atoms with Gasteiger partial charge in [0.15, 0.2) is 5.11 Å².